The monoisotopic (exact) mass is 170 g/mol. The quantitative estimate of drug-likeness (QED) is 0.414. The number of aryl methyl sites for hydroxylation is 1. The predicted molar refractivity (Wildman–Crippen MR) is 39.0 cm³/mol. The highest BCUT2D eigenvalue weighted by atomic mass is 19.2. The van der Waals surface area contributed by atoms with Crippen LogP contribution in [0.15, 0.2) is 6.07 Å². The minimum atomic E-state index is -1.30. The number of hydrogen-bond donors (Lipinski definition) is 0. The first-order chi connectivity index (χ1) is 5.57. The molecule has 0 aliphatic rings. The summed E-state index contributed by atoms with van der Waals surface area (Å²) in [6, 6.07) is 0.769. The Morgan fingerprint density at radius 2 is 1.83 bits per heavy atom. The number of benzene rings is 1. The average Bonchev–Trinajstić information content (AvgIpc) is 2.02. The molecule has 0 heterocycles. The van der Waals surface area contributed by atoms with Crippen LogP contribution in [0.25, 0.3) is 0 Å². The lowest BCUT2D eigenvalue weighted by Gasteiger charge is -2.01. The van der Waals surface area contributed by atoms with Crippen molar-refractivity contribution in [3.05, 3.63) is 34.6 Å². The Bertz CT molecular complexity index is 335. The van der Waals surface area contributed by atoms with E-state index >= 15 is 0 Å². The lowest BCUT2D eigenvalue weighted by molar-refractivity contribution is 0.489. The number of hydrogen-bond acceptors (Lipinski definition) is 0. The van der Waals surface area contributed by atoms with Crippen molar-refractivity contribution in [3.8, 4) is 12.3 Å². The average molecular weight is 170 g/mol. The molecule has 0 spiro atoms. The van der Waals surface area contributed by atoms with Crippen molar-refractivity contribution in [2.45, 2.75) is 6.92 Å². The van der Waals surface area contributed by atoms with Gasteiger partial charge in [-0.3, -0.25) is 0 Å². The van der Waals surface area contributed by atoms with E-state index in [2.05, 4.69) is 0 Å². The summed E-state index contributed by atoms with van der Waals surface area (Å²) >= 11 is 0. The Hall–Kier alpha value is -1.43. The molecule has 0 amide bonds. The summed E-state index contributed by atoms with van der Waals surface area (Å²) in [4.78, 5) is 0. The molecule has 0 saturated carbocycles. The van der Waals surface area contributed by atoms with Crippen LogP contribution in [0.2, 0.25) is 0 Å². The van der Waals surface area contributed by atoms with E-state index in [1.165, 1.54) is 6.92 Å². The summed E-state index contributed by atoms with van der Waals surface area (Å²) in [7, 11) is 0. The third kappa shape index (κ3) is 1.16. The maximum absolute atomic E-state index is 12.9. The zero-order valence-corrected chi connectivity index (χ0v) is 6.29. The van der Waals surface area contributed by atoms with Gasteiger partial charge in [-0.2, -0.15) is 0 Å². The molecule has 0 fully saturated rings. The molecule has 0 N–H and O–H groups in total. The summed E-state index contributed by atoms with van der Waals surface area (Å²) < 4.78 is 38.1. The second-order valence-corrected chi connectivity index (χ2v) is 2.32. The van der Waals surface area contributed by atoms with Crippen molar-refractivity contribution in [3.63, 3.8) is 0 Å². The van der Waals surface area contributed by atoms with Crippen molar-refractivity contribution >= 4 is 0 Å². The summed E-state index contributed by atoms with van der Waals surface area (Å²) in [5.74, 6) is -1.55. The van der Waals surface area contributed by atoms with Crippen molar-refractivity contribution < 1.29 is 13.2 Å². The molecule has 3 heteroatoms. The van der Waals surface area contributed by atoms with Crippen molar-refractivity contribution in [1.82, 2.24) is 0 Å². The maximum atomic E-state index is 12.9. The molecular weight excluding hydrogens is 165 g/mol. The summed E-state index contributed by atoms with van der Waals surface area (Å²) in [6.45, 7) is 1.32. The second kappa shape index (κ2) is 2.90. The zero-order valence-electron chi connectivity index (χ0n) is 6.29. The maximum Gasteiger partial charge on any atom is 0.177 e. The van der Waals surface area contributed by atoms with Gasteiger partial charge in [-0.15, -0.1) is 6.42 Å². The molecule has 0 aliphatic heterocycles. The first-order valence-electron chi connectivity index (χ1n) is 3.18. The highest BCUT2D eigenvalue weighted by molar-refractivity contribution is 5.38. The molecule has 0 nitrogen and oxygen atoms in total. The highest BCUT2D eigenvalue weighted by Crippen LogP contribution is 2.18. The van der Waals surface area contributed by atoms with Gasteiger partial charge in [0, 0.05) is 0 Å². The molecule has 1 aromatic rings. The fourth-order valence-electron chi connectivity index (χ4n) is 0.856. The van der Waals surface area contributed by atoms with Gasteiger partial charge in [-0.05, 0) is 18.6 Å². The smallest absolute Gasteiger partial charge is 0.177 e. The van der Waals surface area contributed by atoms with Gasteiger partial charge in [0.05, 0.1) is 5.56 Å². The van der Waals surface area contributed by atoms with Gasteiger partial charge in [0.1, 0.15) is 5.82 Å². The van der Waals surface area contributed by atoms with Crippen molar-refractivity contribution in [2.75, 3.05) is 0 Å². The third-order valence-electron chi connectivity index (χ3n) is 1.48. The van der Waals surface area contributed by atoms with Crippen LogP contribution in [0.5, 0.6) is 0 Å². The number of terminal acetylenes is 1. The Morgan fingerprint density at radius 3 is 2.33 bits per heavy atom. The molecule has 0 saturated heterocycles. The molecular formula is C9H5F3. The SMILES string of the molecule is C#Cc1c(F)c(C)cc(F)c1F. The van der Waals surface area contributed by atoms with Crippen LogP contribution in [-0.2, 0) is 0 Å². The van der Waals surface area contributed by atoms with E-state index in [9.17, 15) is 13.2 Å². The standard InChI is InChI=1S/C9H5F3/c1-3-6-8(11)5(2)4-7(10)9(6)12/h1,4H,2H3. The lowest BCUT2D eigenvalue weighted by atomic mass is 10.1. The van der Waals surface area contributed by atoms with E-state index in [4.69, 9.17) is 6.42 Å². The van der Waals surface area contributed by atoms with E-state index in [1.54, 1.807) is 5.92 Å². The third-order valence-corrected chi connectivity index (χ3v) is 1.48. The molecule has 1 aromatic carbocycles. The van der Waals surface area contributed by atoms with Gasteiger partial charge in [0.25, 0.3) is 0 Å². The van der Waals surface area contributed by atoms with Crippen LogP contribution in [0.3, 0.4) is 0 Å². The van der Waals surface area contributed by atoms with Crippen LogP contribution in [0, 0.1) is 36.7 Å². The van der Waals surface area contributed by atoms with Gasteiger partial charge >= 0.3 is 0 Å². The van der Waals surface area contributed by atoms with Crippen molar-refractivity contribution in [1.29, 1.82) is 0 Å². The van der Waals surface area contributed by atoms with Crippen molar-refractivity contribution in [2.24, 2.45) is 0 Å². The van der Waals surface area contributed by atoms with Gasteiger partial charge in [0.2, 0.25) is 0 Å². The van der Waals surface area contributed by atoms with Crippen LogP contribution >= 0.6 is 0 Å². The van der Waals surface area contributed by atoms with E-state index in [-0.39, 0.29) is 5.56 Å². The Labute approximate surface area is 68.0 Å². The Balaban J connectivity index is 3.56. The zero-order chi connectivity index (χ0) is 9.30. The first-order valence-corrected chi connectivity index (χ1v) is 3.18. The molecule has 0 bridgehead atoms. The van der Waals surface area contributed by atoms with E-state index < -0.39 is 23.0 Å². The van der Waals surface area contributed by atoms with Crippen LogP contribution in [-0.4, -0.2) is 0 Å². The number of halogens is 3. The van der Waals surface area contributed by atoms with E-state index in [1.807, 2.05) is 0 Å². The topological polar surface area (TPSA) is 0 Å². The molecule has 0 radical (unpaired) electrons. The molecule has 1 rings (SSSR count). The van der Waals surface area contributed by atoms with Gasteiger partial charge < -0.3 is 0 Å². The minimum absolute atomic E-state index is 0.00171. The van der Waals surface area contributed by atoms with Crippen LogP contribution in [0.4, 0.5) is 13.2 Å². The highest BCUT2D eigenvalue weighted by Gasteiger charge is 2.14. The minimum Gasteiger partial charge on any atom is -0.205 e. The molecule has 0 atom stereocenters. The molecule has 0 aromatic heterocycles. The first kappa shape index (κ1) is 8.66. The van der Waals surface area contributed by atoms with Crippen LogP contribution in [0.1, 0.15) is 11.1 Å². The predicted octanol–water partition coefficient (Wildman–Crippen LogP) is 2.39. The second-order valence-electron chi connectivity index (χ2n) is 2.32. The van der Waals surface area contributed by atoms with Crippen LogP contribution < -0.4 is 0 Å². The molecule has 62 valence electrons. The lowest BCUT2D eigenvalue weighted by Crippen LogP contribution is -1.97. The largest absolute Gasteiger partial charge is 0.205 e. The van der Waals surface area contributed by atoms with E-state index in [0.29, 0.717) is 0 Å². The molecule has 12 heavy (non-hydrogen) atoms. The van der Waals surface area contributed by atoms with Gasteiger partial charge in [-0.25, -0.2) is 13.2 Å². The van der Waals surface area contributed by atoms with Gasteiger partial charge in [0.15, 0.2) is 11.6 Å². The Kier molecular flexibility index (Phi) is 2.09. The summed E-state index contributed by atoms with van der Waals surface area (Å²) in [5, 5.41) is 0. The van der Waals surface area contributed by atoms with Gasteiger partial charge in [-0.1, -0.05) is 5.92 Å². The summed E-state index contributed by atoms with van der Waals surface area (Å²) in [6.07, 6.45) is 4.79. The molecule has 0 unspecified atom stereocenters. The fraction of sp³-hybridized carbons (Fsp3) is 0.111. The fourth-order valence-corrected chi connectivity index (χ4v) is 0.856. The number of rotatable bonds is 0. The summed E-state index contributed by atoms with van der Waals surface area (Å²) in [5.41, 5.74) is -0.644. The van der Waals surface area contributed by atoms with E-state index in [0.717, 1.165) is 6.07 Å². The Morgan fingerprint density at radius 1 is 1.25 bits per heavy atom. The molecule has 0 aliphatic carbocycles. The normalized spacial score (nSPS) is 9.58.